The molecule has 0 saturated carbocycles. The van der Waals surface area contributed by atoms with Crippen LogP contribution in [0.5, 0.6) is 5.75 Å². The summed E-state index contributed by atoms with van der Waals surface area (Å²) in [7, 11) is 1.67. The van der Waals surface area contributed by atoms with Gasteiger partial charge in [0.1, 0.15) is 18.1 Å². The van der Waals surface area contributed by atoms with Crippen molar-refractivity contribution in [1.82, 2.24) is 14.5 Å². The van der Waals surface area contributed by atoms with E-state index in [2.05, 4.69) is 4.57 Å². The highest BCUT2D eigenvalue weighted by Crippen LogP contribution is 2.21. The van der Waals surface area contributed by atoms with E-state index in [-0.39, 0.29) is 5.91 Å². The van der Waals surface area contributed by atoms with Gasteiger partial charge < -0.3 is 14.2 Å². The lowest BCUT2D eigenvalue weighted by Gasteiger charge is -2.17. The molecule has 5 heteroatoms. The number of amides is 1. The van der Waals surface area contributed by atoms with E-state index in [4.69, 9.17) is 9.72 Å². The first-order valence-electron chi connectivity index (χ1n) is 9.09. The second kappa shape index (κ2) is 7.20. The summed E-state index contributed by atoms with van der Waals surface area (Å²) in [6, 6.07) is 16.0. The molecule has 0 aliphatic carbocycles. The highest BCUT2D eigenvalue weighted by Gasteiger charge is 2.20. The lowest BCUT2D eigenvalue weighted by molar-refractivity contribution is -0.130. The molecule has 3 aromatic rings. The average Bonchev–Trinajstić information content (AvgIpc) is 3.31. The molecule has 0 N–H and O–H groups in total. The summed E-state index contributed by atoms with van der Waals surface area (Å²) in [6.45, 7) is 2.10. The second-order valence-electron chi connectivity index (χ2n) is 6.72. The Labute approximate surface area is 153 Å². The fourth-order valence-electron chi connectivity index (χ4n) is 3.56. The number of carbonyl (C=O) groups excluding carboxylic acids is 1. The van der Waals surface area contributed by atoms with Crippen molar-refractivity contribution in [3.8, 4) is 5.75 Å². The van der Waals surface area contributed by atoms with E-state index in [0.717, 1.165) is 54.1 Å². The fraction of sp³-hybridized carbons (Fsp3) is 0.333. The molecular formula is C21H23N3O2. The number of ether oxygens (including phenoxy) is 1. The minimum Gasteiger partial charge on any atom is -0.497 e. The molecule has 0 atom stereocenters. The summed E-state index contributed by atoms with van der Waals surface area (Å²) in [5, 5.41) is 0. The number of imidazole rings is 1. The van der Waals surface area contributed by atoms with Gasteiger partial charge in [0.2, 0.25) is 5.91 Å². The van der Waals surface area contributed by atoms with Gasteiger partial charge in [-0.1, -0.05) is 24.3 Å². The van der Waals surface area contributed by atoms with Crippen LogP contribution in [0.3, 0.4) is 0 Å². The van der Waals surface area contributed by atoms with Crippen LogP contribution in [0.15, 0.2) is 48.5 Å². The Hall–Kier alpha value is -2.82. The summed E-state index contributed by atoms with van der Waals surface area (Å²) >= 11 is 0. The van der Waals surface area contributed by atoms with Gasteiger partial charge in [-0.15, -0.1) is 0 Å². The van der Waals surface area contributed by atoms with Gasteiger partial charge >= 0.3 is 0 Å². The van der Waals surface area contributed by atoms with Gasteiger partial charge in [-0.05, 0) is 42.7 Å². The maximum atomic E-state index is 12.7. The fourth-order valence-corrected chi connectivity index (χ4v) is 3.56. The average molecular weight is 349 g/mol. The number of benzene rings is 2. The van der Waals surface area contributed by atoms with Gasteiger partial charge in [-0.2, -0.15) is 0 Å². The van der Waals surface area contributed by atoms with Gasteiger partial charge in [0.05, 0.1) is 18.1 Å². The second-order valence-corrected chi connectivity index (χ2v) is 6.72. The minimum atomic E-state index is 0.182. The molecule has 4 rings (SSSR count). The normalized spacial score (nSPS) is 14.1. The van der Waals surface area contributed by atoms with Gasteiger partial charge in [0, 0.05) is 19.5 Å². The molecule has 134 valence electrons. The third-order valence-corrected chi connectivity index (χ3v) is 5.01. The number of methoxy groups -OCH3 is 1. The van der Waals surface area contributed by atoms with Gasteiger partial charge in [-0.25, -0.2) is 4.98 Å². The number of rotatable bonds is 5. The molecule has 0 unspecified atom stereocenters. The molecule has 1 aromatic heterocycles. The number of fused-ring (bicyclic) bond motifs is 1. The van der Waals surface area contributed by atoms with Crippen molar-refractivity contribution >= 4 is 16.9 Å². The van der Waals surface area contributed by atoms with Crippen LogP contribution in [0.25, 0.3) is 11.0 Å². The Kier molecular flexibility index (Phi) is 4.61. The summed E-state index contributed by atoms with van der Waals surface area (Å²) in [4.78, 5) is 19.5. The number of nitrogens with zero attached hydrogens (tertiary/aromatic N) is 3. The number of hydrogen-bond acceptors (Lipinski definition) is 3. The summed E-state index contributed by atoms with van der Waals surface area (Å²) in [6.07, 6.45) is 2.90. The smallest absolute Gasteiger partial charge is 0.242 e. The highest BCUT2D eigenvalue weighted by molar-refractivity contribution is 5.81. The quantitative estimate of drug-likeness (QED) is 0.710. The maximum Gasteiger partial charge on any atom is 0.242 e. The van der Waals surface area contributed by atoms with E-state index in [9.17, 15) is 4.79 Å². The van der Waals surface area contributed by atoms with Crippen LogP contribution in [-0.2, 0) is 17.8 Å². The van der Waals surface area contributed by atoms with Crippen molar-refractivity contribution in [2.75, 3.05) is 20.2 Å². The number of para-hydroxylation sites is 2. The zero-order valence-corrected chi connectivity index (χ0v) is 15.0. The van der Waals surface area contributed by atoms with Gasteiger partial charge in [0.15, 0.2) is 0 Å². The van der Waals surface area contributed by atoms with E-state index in [1.807, 2.05) is 53.4 Å². The van der Waals surface area contributed by atoms with Crippen molar-refractivity contribution in [2.45, 2.75) is 25.8 Å². The van der Waals surface area contributed by atoms with Crippen molar-refractivity contribution in [3.05, 3.63) is 59.9 Å². The third-order valence-electron chi connectivity index (χ3n) is 5.01. The monoisotopic (exact) mass is 349 g/mol. The Bertz CT molecular complexity index is 909. The lowest BCUT2D eigenvalue weighted by atomic mass is 10.1. The summed E-state index contributed by atoms with van der Waals surface area (Å²) in [5.41, 5.74) is 3.10. The minimum absolute atomic E-state index is 0.182. The Morgan fingerprint density at radius 2 is 1.81 bits per heavy atom. The molecule has 1 aliphatic rings. The Morgan fingerprint density at radius 3 is 2.54 bits per heavy atom. The molecule has 1 aliphatic heterocycles. The molecule has 2 aromatic carbocycles. The number of carbonyl (C=O) groups is 1. The number of aromatic nitrogens is 2. The van der Waals surface area contributed by atoms with E-state index in [1.54, 1.807) is 7.11 Å². The van der Waals surface area contributed by atoms with E-state index in [0.29, 0.717) is 13.0 Å². The SMILES string of the molecule is COc1ccc(Cc2nc3ccccc3n2CC(=O)N2CCCC2)cc1. The lowest BCUT2D eigenvalue weighted by Crippen LogP contribution is -2.31. The van der Waals surface area contributed by atoms with Crippen molar-refractivity contribution in [2.24, 2.45) is 0 Å². The standard InChI is InChI=1S/C21H23N3O2/c1-26-17-10-8-16(9-11-17)14-20-22-18-6-2-3-7-19(18)24(20)15-21(25)23-12-4-5-13-23/h2-3,6-11H,4-5,12-15H2,1H3. The van der Waals surface area contributed by atoms with E-state index < -0.39 is 0 Å². The highest BCUT2D eigenvalue weighted by atomic mass is 16.5. The molecular weight excluding hydrogens is 326 g/mol. The number of hydrogen-bond donors (Lipinski definition) is 0. The van der Waals surface area contributed by atoms with Crippen LogP contribution >= 0.6 is 0 Å². The molecule has 5 nitrogen and oxygen atoms in total. The first-order valence-corrected chi connectivity index (χ1v) is 9.09. The van der Waals surface area contributed by atoms with Crippen molar-refractivity contribution in [3.63, 3.8) is 0 Å². The summed E-state index contributed by atoms with van der Waals surface area (Å²) in [5.74, 6) is 1.94. The molecule has 1 fully saturated rings. The first-order chi connectivity index (χ1) is 12.7. The van der Waals surface area contributed by atoms with Crippen LogP contribution in [0.2, 0.25) is 0 Å². The topological polar surface area (TPSA) is 47.4 Å². The largest absolute Gasteiger partial charge is 0.497 e. The summed E-state index contributed by atoms with van der Waals surface area (Å²) < 4.78 is 7.30. The molecule has 0 bridgehead atoms. The van der Waals surface area contributed by atoms with Crippen LogP contribution < -0.4 is 4.74 Å². The van der Waals surface area contributed by atoms with Crippen LogP contribution in [-0.4, -0.2) is 40.6 Å². The predicted molar refractivity (Wildman–Crippen MR) is 101 cm³/mol. The van der Waals surface area contributed by atoms with E-state index in [1.165, 1.54) is 0 Å². The van der Waals surface area contributed by atoms with Crippen molar-refractivity contribution < 1.29 is 9.53 Å². The third kappa shape index (κ3) is 3.29. The van der Waals surface area contributed by atoms with Crippen LogP contribution in [0, 0.1) is 0 Å². The zero-order chi connectivity index (χ0) is 17.9. The molecule has 1 amide bonds. The maximum absolute atomic E-state index is 12.7. The Balaban J connectivity index is 1.65. The molecule has 2 heterocycles. The molecule has 0 radical (unpaired) electrons. The molecule has 1 saturated heterocycles. The van der Waals surface area contributed by atoms with Crippen LogP contribution in [0.1, 0.15) is 24.2 Å². The first kappa shape index (κ1) is 16.6. The van der Waals surface area contributed by atoms with E-state index >= 15 is 0 Å². The predicted octanol–water partition coefficient (Wildman–Crippen LogP) is 3.26. The number of likely N-dealkylation sites (tertiary alicyclic amines) is 1. The zero-order valence-electron chi connectivity index (χ0n) is 15.0. The van der Waals surface area contributed by atoms with Crippen LogP contribution in [0.4, 0.5) is 0 Å². The van der Waals surface area contributed by atoms with Gasteiger partial charge in [0.25, 0.3) is 0 Å². The van der Waals surface area contributed by atoms with Gasteiger partial charge in [-0.3, -0.25) is 4.79 Å². The van der Waals surface area contributed by atoms with Crippen molar-refractivity contribution in [1.29, 1.82) is 0 Å². The Morgan fingerprint density at radius 1 is 1.08 bits per heavy atom. The molecule has 26 heavy (non-hydrogen) atoms. The molecule has 0 spiro atoms.